The molecule has 1 radical (unpaired) electrons. The Hall–Kier alpha value is -4.44. The van der Waals surface area contributed by atoms with E-state index in [0.717, 1.165) is 51.0 Å². The van der Waals surface area contributed by atoms with Crippen molar-refractivity contribution in [1.29, 1.82) is 0 Å². The summed E-state index contributed by atoms with van der Waals surface area (Å²) in [6, 6.07) is 38.7. The molecule has 0 aliphatic rings. The third-order valence-corrected chi connectivity index (χ3v) is 7.17. The number of hydrogen-bond acceptors (Lipinski definition) is 4. The van der Waals surface area contributed by atoms with Crippen molar-refractivity contribution >= 4 is 22.1 Å². The van der Waals surface area contributed by atoms with Gasteiger partial charge in [-0.25, -0.2) is 4.98 Å². The number of aromatic nitrogens is 3. The van der Waals surface area contributed by atoms with E-state index in [9.17, 15) is 0 Å². The predicted octanol–water partition coefficient (Wildman–Crippen LogP) is 9.24. The van der Waals surface area contributed by atoms with E-state index in [1.807, 2.05) is 66.9 Å². The van der Waals surface area contributed by atoms with Crippen molar-refractivity contribution in [2.45, 2.75) is 27.2 Å². The van der Waals surface area contributed by atoms with Gasteiger partial charge in [0, 0.05) is 43.4 Å². The molecule has 4 nitrogen and oxygen atoms in total. The number of nitrogens with zero attached hydrogens (tertiary/aromatic N) is 3. The minimum atomic E-state index is 0. The van der Waals surface area contributed by atoms with E-state index >= 15 is 0 Å². The fraction of sp³-hybridized carbons (Fsp3) is 0.108. The molecule has 0 amide bonds. The van der Waals surface area contributed by atoms with Gasteiger partial charge in [0.25, 0.3) is 0 Å². The standard InChI is InChI=1S/C26H21N2O.C11H8N.Ir/c1-4-18-11-13-22(27-15-18)21-10-6-9-19-20-12-14-23(28-26(20)29-25(19)21)24-16(2)7-5-8-17(24)3;1-2-6-10(7-3-1)11-8-4-5-9-12-11;/h5-9,11-15H,4H2,1-3H3;1-6,8-9H;/q2*-1;. The zero-order valence-electron chi connectivity index (χ0n) is 23.7. The molecule has 42 heavy (non-hydrogen) atoms. The smallest absolute Gasteiger partial charge is 0.216 e. The molecule has 7 rings (SSSR count). The van der Waals surface area contributed by atoms with Crippen LogP contribution in [0, 0.1) is 26.0 Å². The molecule has 0 saturated carbocycles. The number of rotatable bonds is 4. The van der Waals surface area contributed by atoms with Gasteiger partial charge in [0.2, 0.25) is 5.71 Å². The van der Waals surface area contributed by atoms with Crippen LogP contribution in [-0.2, 0) is 26.5 Å². The third-order valence-electron chi connectivity index (χ3n) is 7.17. The molecule has 0 aliphatic carbocycles. The van der Waals surface area contributed by atoms with Crippen LogP contribution in [0.4, 0.5) is 0 Å². The summed E-state index contributed by atoms with van der Waals surface area (Å²) in [6.45, 7) is 6.36. The van der Waals surface area contributed by atoms with Gasteiger partial charge >= 0.3 is 0 Å². The fourth-order valence-electron chi connectivity index (χ4n) is 5.03. The summed E-state index contributed by atoms with van der Waals surface area (Å²) < 4.78 is 6.25. The summed E-state index contributed by atoms with van der Waals surface area (Å²) >= 11 is 0. The summed E-state index contributed by atoms with van der Waals surface area (Å²) in [6.07, 6.45) is 4.68. The largest absolute Gasteiger partial charge is 0.486 e. The minimum Gasteiger partial charge on any atom is -0.486 e. The molecule has 0 spiro atoms. The Labute approximate surface area is 259 Å². The third kappa shape index (κ3) is 5.94. The molecule has 0 bridgehead atoms. The fourth-order valence-corrected chi connectivity index (χ4v) is 5.03. The van der Waals surface area contributed by atoms with Gasteiger partial charge in [-0.05, 0) is 66.5 Å². The number of benzene rings is 3. The molecule has 0 aliphatic heterocycles. The van der Waals surface area contributed by atoms with E-state index in [2.05, 4.69) is 79.3 Å². The van der Waals surface area contributed by atoms with Gasteiger partial charge < -0.3 is 14.4 Å². The zero-order chi connectivity index (χ0) is 28.2. The van der Waals surface area contributed by atoms with Crippen LogP contribution < -0.4 is 0 Å². The number of fused-ring (bicyclic) bond motifs is 3. The first-order valence-electron chi connectivity index (χ1n) is 13.8. The Balaban J connectivity index is 0.000000228. The maximum absolute atomic E-state index is 6.25. The molecule has 3 aromatic carbocycles. The normalized spacial score (nSPS) is 10.6. The van der Waals surface area contributed by atoms with Crippen molar-refractivity contribution < 1.29 is 24.5 Å². The number of aryl methyl sites for hydroxylation is 3. The molecule has 4 aromatic heterocycles. The van der Waals surface area contributed by atoms with Crippen LogP contribution in [0.3, 0.4) is 0 Å². The second-order valence-electron chi connectivity index (χ2n) is 9.91. The van der Waals surface area contributed by atoms with Gasteiger partial charge in [-0.15, -0.1) is 54.1 Å². The number of hydrogen-bond donors (Lipinski definition) is 0. The predicted molar refractivity (Wildman–Crippen MR) is 166 cm³/mol. The Morgan fingerprint density at radius 2 is 1.50 bits per heavy atom. The van der Waals surface area contributed by atoms with Crippen molar-refractivity contribution in [3.8, 4) is 33.8 Å². The van der Waals surface area contributed by atoms with E-state index in [-0.39, 0.29) is 20.1 Å². The van der Waals surface area contributed by atoms with Gasteiger partial charge in [-0.2, -0.15) is 0 Å². The molecule has 0 fully saturated rings. The number of furan rings is 1. The Morgan fingerprint density at radius 3 is 2.19 bits per heavy atom. The van der Waals surface area contributed by atoms with Crippen LogP contribution in [-0.4, -0.2) is 15.0 Å². The monoisotopic (exact) mass is 724 g/mol. The van der Waals surface area contributed by atoms with Gasteiger partial charge in [-0.3, -0.25) is 0 Å². The summed E-state index contributed by atoms with van der Waals surface area (Å²) in [5.74, 6) is 0. The van der Waals surface area contributed by atoms with E-state index in [1.165, 1.54) is 22.3 Å². The van der Waals surface area contributed by atoms with Crippen molar-refractivity contribution in [2.75, 3.05) is 0 Å². The average molecular weight is 724 g/mol. The van der Waals surface area contributed by atoms with Gasteiger partial charge in [0.15, 0.2) is 0 Å². The minimum absolute atomic E-state index is 0. The van der Waals surface area contributed by atoms with E-state index in [1.54, 1.807) is 6.20 Å². The van der Waals surface area contributed by atoms with Crippen molar-refractivity contribution in [3.63, 3.8) is 0 Å². The molecular formula is C37H29IrN3O-2. The molecule has 4 heterocycles. The summed E-state index contributed by atoms with van der Waals surface area (Å²) in [4.78, 5) is 13.7. The van der Waals surface area contributed by atoms with Crippen LogP contribution in [0.25, 0.3) is 55.8 Å². The van der Waals surface area contributed by atoms with Gasteiger partial charge in [0.1, 0.15) is 0 Å². The Kier molecular flexibility index (Phi) is 9.02. The maximum atomic E-state index is 6.25. The van der Waals surface area contributed by atoms with Crippen molar-refractivity contribution in [3.05, 3.63) is 138 Å². The summed E-state index contributed by atoms with van der Waals surface area (Å²) in [5.41, 5.74) is 10.9. The van der Waals surface area contributed by atoms with Crippen molar-refractivity contribution in [2.24, 2.45) is 0 Å². The molecule has 7 aromatic rings. The van der Waals surface area contributed by atoms with E-state index in [4.69, 9.17) is 9.40 Å². The summed E-state index contributed by atoms with van der Waals surface area (Å²) in [5, 5.41) is 2.05. The SMILES string of the molecule is CCc1ccc(-c2[c-]ccc3c2oc2nc(-c4c(C)cccc4C)ccc23)nc1.[Ir].[c-]1ccccc1-c1ccccn1. The molecule has 0 atom stereocenters. The first kappa shape index (κ1) is 29.1. The molecule has 209 valence electrons. The Morgan fingerprint density at radius 1 is 0.690 bits per heavy atom. The second-order valence-corrected chi connectivity index (χ2v) is 9.91. The Bertz CT molecular complexity index is 1870. The molecule has 0 unspecified atom stereocenters. The average Bonchev–Trinajstić information content (AvgIpc) is 3.40. The van der Waals surface area contributed by atoms with Crippen LogP contribution >= 0.6 is 0 Å². The van der Waals surface area contributed by atoms with Crippen LogP contribution in [0.2, 0.25) is 0 Å². The topological polar surface area (TPSA) is 51.8 Å². The van der Waals surface area contributed by atoms with Crippen LogP contribution in [0.15, 0.2) is 114 Å². The summed E-state index contributed by atoms with van der Waals surface area (Å²) in [7, 11) is 0. The zero-order valence-corrected chi connectivity index (χ0v) is 26.1. The maximum Gasteiger partial charge on any atom is 0.216 e. The molecular weight excluding hydrogens is 695 g/mol. The van der Waals surface area contributed by atoms with Crippen molar-refractivity contribution in [1.82, 2.24) is 15.0 Å². The van der Waals surface area contributed by atoms with Gasteiger partial charge in [-0.1, -0.05) is 60.3 Å². The first-order chi connectivity index (χ1) is 20.1. The molecule has 0 saturated heterocycles. The molecule has 0 N–H and O–H groups in total. The van der Waals surface area contributed by atoms with E-state index < -0.39 is 0 Å². The van der Waals surface area contributed by atoms with Crippen LogP contribution in [0.5, 0.6) is 0 Å². The number of pyridine rings is 3. The quantitative estimate of drug-likeness (QED) is 0.170. The van der Waals surface area contributed by atoms with E-state index in [0.29, 0.717) is 5.71 Å². The molecule has 5 heteroatoms. The first-order valence-corrected chi connectivity index (χ1v) is 13.8. The van der Waals surface area contributed by atoms with Gasteiger partial charge in [0.05, 0.1) is 11.3 Å². The second kappa shape index (κ2) is 13.0. The van der Waals surface area contributed by atoms with Crippen LogP contribution in [0.1, 0.15) is 23.6 Å².